The second-order valence-corrected chi connectivity index (χ2v) is 6.54. The van der Waals surface area contributed by atoms with E-state index in [2.05, 4.69) is 0 Å². The second kappa shape index (κ2) is 8.08. The zero-order chi connectivity index (χ0) is 19.4. The average Bonchev–Trinajstić information content (AvgIpc) is 3.01. The van der Waals surface area contributed by atoms with Crippen LogP contribution in [-0.2, 0) is 20.7 Å². The lowest BCUT2D eigenvalue weighted by Gasteiger charge is -2.25. The molecule has 0 saturated carbocycles. The highest BCUT2D eigenvalue weighted by atomic mass is 16.5. The Hall–Kier alpha value is -3.08. The highest BCUT2D eigenvalue weighted by molar-refractivity contribution is 6.00. The molecule has 2 aromatic rings. The van der Waals surface area contributed by atoms with Gasteiger partial charge in [-0.3, -0.25) is 4.79 Å². The van der Waals surface area contributed by atoms with Crippen molar-refractivity contribution < 1.29 is 19.1 Å². The Morgan fingerprint density at radius 1 is 1.15 bits per heavy atom. The highest BCUT2D eigenvalue weighted by Gasteiger charge is 2.34. The first-order valence-corrected chi connectivity index (χ1v) is 8.94. The van der Waals surface area contributed by atoms with Crippen molar-refractivity contribution in [3.8, 4) is 5.75 Å². The Kier molecular flexibility index (Phi) is 5.60. The van der Waals surface area contributed by atoms with E-state index in [0.717, 1.165) is 23.2 Å². The van der Waals surface area contributed by atoms with Crippen LogP contribution < -0.4 is 9.64 Å². The van der Waals surface area contributed by atoms with Gasteiger partial charge in [0.05, 0.1) is 7.11 Å². The molecule has 1 aliphatic heterocycles. The van der Waals surface area contributed by atoms with Gasteiger partial charge in [-0.2, -0.15) is 0 Å². The van der Waals surface area contributed by atoms with Crippen LogP contribution in [-0.4, -0.2) is 31.1 Å². The van der Waals surface area contributed by atoms with Crippen molar-refractivity contribution in [1.82, 2.24) is 0 Å². The first-order chi connectivity index (χ1) is 13.0. The molecule has 1 aliphatic rings. The monoisotopic (exact) mass is 365 g/mol. The number of rotatable bonds is 5. The number of anilines is 1. The van der Waals surface area contributed by atoms with Crippen LogP contribution in [0.15, 0.2) is 54.6 Å². The van der Waals surface area contributed by atoms with Gasteiger partial charge in [-0.25, -0.2) is 4.79 Å². The van der Waals surface area contributed by atoms with Crippen LogP contribution in [0.4, 0.5) is 5.69 Å². The lowest BCUT2D eigenvalue weighted by molar-refractivity contribution is -0.149. The minimum absolute atomic E-state index is 0.0418. The maximum Gasteiger partial charge on any atom is 0.331 e. The second-order valence-electron chi connectivity index (χ2n) is 6.54. The van der Waals surface area contributed by atoms with Crippen LogP contribution in [0, 0.1) is 0 Å². The van der Waals surface area contributed by atoms with Crippen molar-refractivity contribution in [3.63, 3.8) is 0 Å². The molecule has 140 valence electrons. The number of esters is 1. The molecule has 0 N–H and O–H groups in total. The molecule has 2 atom stereocenters. The van der Waals surface area contributed by atoms with Crippen molar-refractivity contribution in [2.45, 2.75) is 32.4 Å². The predicted octanol–water partition coefficient (Wildman–Crippen LogP) is 3.62. The Morgan fingerprint density at radius 3 is 2.63 bits per heavy atom. The molecular weight excluding hydrogens is 342 g/mol. The van der Waals surface area contributed by atoms with E-state index in [-0.39, 0.29) is 11.9 Å². The van der Waals surface area contributed by atoms with Gasteiger partial charge >= 0.3 is 5.97 Å². The third kappa shape index (κ3) is 4.03. The average molecular weight is 365 g/mol. The number of hydrogen-bond acceptors (Lipinski definition) is 4. The SMILES string of the molecule is COc1ccccc1/C=C/C(=O)O[C@H](C)C(=O)N1c2ccccc2C[C@H]1C. The number of ether oxygens (including phenoxy) is 2. The quantitative estimate of drug-likeness (QED) is 0.600. The van der Waals surface area contributed by atoms with Gasteiger partial charge in [0.2, 0.25) is 0 Å². The first-order valence-electron chi connectivity index (χ1n) is 8.94. The van der Waals surface area contributed by atoms with Crippen molar-refractivity contribution in [1.29, 1.82) is 0 Å². The van der Waals surface area contributed by atoms with E-state index in [1.165, 1.54) is 6.08 Å². The molecule has 0 saturated heterocycles. The molecule has 0 unspecified atom stereocenters. The van der Waals surface area contributed by atoms with E-state index in [0.29, 0.717) is 5.75 Å². The summed E-state index contributed by atoms with van der Waals surface area (Å²) in [5, 5.41) is 0. The van der Waals surface area contributed by atoms with Gasteiger partial charge < -0.3 is 14.4 Å². The first kappa shape index (κ1) is 18.7. The number of hydrogen-bond donors (Lipinski definition) is 0. The molecule has 2 aromatic carbocycles. The zero-order valence-electron chi connectivity index (χ0n) is 15.7. The number of benzene rings is 2. The Morgan fingerprint density at radius 2 is 1.85 bits per heavy atom. The maximum atomic E-state index is 12.8. The van der Waals surface area contributed by atoms with E-state index in [4.69, 9.17) is 9.47 Å². The molecule has 5 nitrogen and oxygen atoms in total. The lowest BCUT2D eigenvalue weighted by atomic mass is 10.1. The molecule has 0 spiro atoms. The fraction of sp³-hybridized carbons (Fsp3) is 0.273. The number of para-hydroxylation sites is 2. The molecule has 27 heavy (non-hydrogen) atoms. The van der Waals surface area contributed by atoms with Gasteiger partial charge in [-0.05, 0) is 44.0 Å². The van der Waals surface area contributed by atoms with Crippen LogP contribution >= 0.6 is 0 Å². The van der Waals surface area contributed by atoms with Crippen LogP contribution in [0.5, 0.6) is 5.75 Å². The van der Waals surface area contributed by atoms with Crippen LogP contribution in [0.2, 0.25) is 0 Å². The summed E-state index contributed by atoms with van der Waals surface area (Å²) in [7, 11) is 1.57. The zero-order valence-corrected chi connectivity index (χ0v) is 15.7. The Bertz CT molecular complexity index is 874. The van der Waals surface area contributed by atoms with E-state index >= 15 is 0 Å². The molecule has 5 heteroatoms. The summed E-state index contributed by atoms with van der Waals surface area (Å²) in [5.74, 6) is -0.124. The van der Waals surface area contributed by atoms with Crippen molar-refractivity contribution in [2.24, 2.45) is 0 Å². The fourth-order valence-electron chi connectivity index (χ4n) is 3.32. The summed E-state index contributed by atoms with van der Waals surface area (Å²) < 4.78 is 10.6. The minimum Gasteiger partial charge on any atom is -0.496 e. The van der Waals surface area contributed by atoms with Crippen LogP contribution in [0.3, 0.4) is 0 Å². The van der Waals surface area contributed by atoms with Gasteiger partial charge in [-0.1, -0.05) is 36.4 Å². The largest absolute Gasteiger partial charge is 0.496 e. The molecule has 0 bridgehead atoms. The molecule has 3 rings (SSSR count). The van der Waals surface area contributed by atoms with Crippen molar-refractivity contribution >= 4 is 23.6 Å². The summed E-state index contributed by atoms with van der Waals surface area (Å²) >= 11 is 0. The number of fused-ring (bicyclic) bond motifs is 1. The van der Waals surface area contributed by atoms with Gasteiger partial charge in [0.15, 0.2) is 6.10 Å². The third-order valence-corrected chi connectivity index (χ3v) is 4.62. The highest BCUT2D eigenvalue weighted by Crippen LogP contribution is 2.32. The lowest BCUT2D eigenvalue weighted by Crippen LogP contribution is -2.43. The van der Waals surface area contributed by atoms with E-state index in [1.54, 1.807) is 25.0 Å². The maximum absolute atomic E-state index is 12.8. The summed E-state index contributed by atoms with van der Waals surface area (Å²) in [6.07, 6.45) is 2.86. The van der Waals surface area contributed by atoms with Gasteiger partial charge in [-0.15, -0.1) is 0 Å². The van der Waals surface area contributed by atoms with Crippen molar-refractivity contribution in [3.05, 3.63) is 65.7 Å². The smallest absolute Gasteiger partial charge is 0.331 e. The number of carbonyl (C=O) groups excluding carboxylic acids is 2. The number of nitrogens with zero attached hydrogens (tertiary/aromatic N) is 1. The van der Waals surface area contributed by atoms with E-state index < -0.39 is 12.1 Å². The molecular formula is C22H23NO4. The number of amides is 1. The predicted molar refractivity (Wildman–Crippen MR) is 105 cm³/mol. The number of methoxy groups -OCH3 is 1. The minimum atomic E-state index is -0.867. The summed E-state index contributed by atoms with van der Waals surface area (Å²) in [5.41, 5.74) is 2.79. The number of carbonyl (C=O) groups is 2. The van der Waals surface area contributed by atoms with Gasteiger partial charge in [0.1, 0.15) is 5.75 Å². The Balaban J connectivity index is 1.66. The van der Waals surface area contributed by atoms with Crippen LogP contribution in [0.1, 0.15) is 25.0 Å². The standard InChI is InChI=1S/C22H23NO4/c1-15-14-18-9-4-6-10-19(18)23(15)22(25)16(2)27-21(24)13-12-17-8-5-7-11-20(17)26-3/h4-13,15-16H,14H2,1-3H3/b13-12+/t15-,16-/m1/s1. The van der Waals surface area contributed by atoms with Gasteiger partial charge in [0, 0.05) is 23.4 Å². The van der Waals surface area contributed by atoms with E-state index in [9.17, 15) is 9.59 Å². The third-order valence-electron chi connectivity index (χ3n) is 4.62. The van der Waals surface area contributed by atoms with Gasteiger partial charge in [0.25, 0.3) is 5.91 Å². The molecule has 1 heterocycles. The Labute approximate surface area is 159 Å². The molecule has 0 aliphatic carbocycles. The van der Waals surface area contributed by atoms with E-state index in [1.807, 2.05) is 55.5 Å². The molecule has 1 amide bonds. The molecule has 0 radical (unpaired) electrons. The van der Waals surface area contributed by atoms with Crippen molar-refractivity contribution in [2.75, 3.05) is 12.0 Å². The summed E-state index contributed by atoms with van der Waals surface area (Å²) in [4.78, 5) is 26.7. The topological polar surface area (TPSA) is 55.8 Å². The summed E-state index contributed by atoms with van der Waals surface area (Å²) in [6.45, 7) is 3.60. The fourth-order valence-corrected chi connectivity index (χ4v) is 3.32. The normalized spacial score (nSPS) is 16.9. The molecule has 0 fully saturated rings. The molecule has 0 aromatic heterocycles. The van der Waals surface area contributed by atoms with Crippen LogP contribution in [0.25, 0.3) is 6.08 Å². The summed E-state index contributed by atoms with van der Waals surface area (Å²) in [6, 6.07) is 15.2.